The van der Waals surface area contributed by atoms with Crippen molar-refractivity contribution in [3.8, 4) is 0 Å². The van der Waals surface area contributed by atoms with E-state index >= 15 is 0 Å². The maximum Gasteiger partial charge on any atom is 0.0207 e. The van der Waals surface area contributed by atoms with E-state index in [4.69, 9.17) is 0 Å². The molecule has 0 bridgehead atoms. The van der Waals surface area contributed by atoms with Crippen LogP contribution in [0.5, 0.6) is 0 Å². The zero-order valence-electron chi connectivity index (χ0n) is 10.0. The molecule has 2 aliphatic rings. The Morgan fingerprint density at radius 3 is 2.87 bits per heavy atom. The number of likely N-dealkylation sites (tertiary alicyclic amines) is 1. The lowest BCUT2D eigenvalue weighted by Crippen LogP contribution is -2.34. The van der Waals surface area contributed by atoms with Gasteiger partial charge in [0.15, 0.2) is 0 Å². The summed E-state index contributed by atoms with van der Waals surface area (Å²) >= 11 is 1.97. The Hall–Kier alpha value is 0.270. The van der Waals surface area contributed by atoms with Crippen molar-refractivity contribution in [2.24, 2.45) is 0 Å². The van der Waals surface area contributed by atoms with Gasteiger partial charge in [0.1, 0.15) is 0 Å². The highest BCUT2D eigenvalue weighted by Crippen LogP contribution is 2.29. The van der Waals surface area contributed by atoms with Gasteiger partial charge in [-0.05, 0) is 38.5 Å². The lowest BCUT2D eigenvalue weighted by molar-refractivity contribution is 0.317. The molecule has 0 aromatic heterocycles. The Kier molecular flexibility index (Phi) is 4.35. The van der Waals surface area contributed by atoms with Crippen molar-refractivity contribution in [1.29, 1.82) is 0 Å². The van der Waals surface area contributed by atoms with Crippen LogP contribution in [0.2, 0.25) is 0 Å². The molecule has 0 spiro atoms. The largest absolute Gasteiger partial charge is 0.313 e. The molecule has 1 saturated carbocycles. The third-order valence-electron chi connectivity index (χ3n) is 3.67. The minimum Gasteiger partial charge on any atom is -0.313 e. The van der Waals surface area contributed by atoms with E-state index in [1.165, 1.54) is 45.3 Å². The molecule has 1 heterocycles. The summed E-state index contributed by atoms with van der Waals surface area (Å²) in [6.07, 6.45) is 7.78. The van der Waals surface area contributed by atoms with E-state index in [-0.39, 0.29) is 0 Å². The molecule has 2 atom stereocenters. The topological polar surface area (TPSA) is 15.3 Å². The fourth-order valence-corrected chi connectivity index (χ4v) is 2.69. The van der Waals surface area contributed by atoms with E-state index in [2.05, 4.69) is 23.4 Å². The molecule has 1 aliphatic carbocycles. The maximum atomic E-state index is 3.70. The van der Waals surface area contributed by atoms with Gasteiger partial charge in [-0.25, -0.2) is 0 Å². The molecule has 2 unspecified atom stereocenters. The zero-order chi connectivity index (χ0) is 10.7. The van der Waals surface area contributed by atoms with Crippen LogP contribution in [0.3, 0.4) is 0 Å². The molecule has 1 N–H and O–H groups in total. The number of hydrogen-bond donors (Lipinski definition) is 1. The average Bonchev–Trinajstić information content (AvgIpc) is 2.99. The zero-order valence-corrected chi connectivity index (χ0v) is 10.9. The molecule has 0 aromatic rings. The van der Waals surface area contributed by atoms with Crippen molar-refractivity contribution in [3.05, 3.63) is 0 Å². The van der Waals surface area contributed by atoms with E-state index in [1.807, 2.05) is 11.8 Å². The summed E-state index contributed by atoms with van der Waals surface area (Å²) in [6.45, 7) is 6.15. The first-order chi connectivity index (χ1) is 7.29. The van der Waals surface area contributed by atoms with Gasteiger partial charge in [-0.15, -0.1) is 0 Å². The summed E-state index contributed by atoms with van der Waals surface area (Å²) < 4.78 is 0. The van der Waals surface area contributed by atoms with E-state index in [9.17, 15) is 0 Å². The monoisotopic (exact) mass is 228 g/mol. The number of thioether (sulfide) groups is 1. The van der Waals surface area contributed by atoms with Crippen LogP contribution >= 0.6 is 11.8 Å². The van der Waals surface area contributed by atoms with Crippen molar-refractivity contribution in [3.63, 3.8) is 0 Å². The summed E-state index contributed by atoms with van der Waals surface area (Å²) in [5.74, 6) is 0. The van der Waals surface area contributed by atoms with E-state index < -0.39 is 0 Å². The van der Waals surface area contributed by atoms with Crippen LogP contribution in [0, 0.1) is 0 Å². The second-order valence-corrected chi connectivity index (χ2v) is 6.28. The Morgan fingerprint density at radius 2 is 2.20 bits per heavy atom. The minimum atomic E-state index is 0.777. The molecule has 88 valence electrons. The lowest BCUT2D eigenvalue weighted by atomic mass is 10.2. The molecular formula is C12H24N2S. The smallest absolute Gasteiger partial charge is 0.0207 e. The predicted octanol–water partition coefficient (Wildman–Crippen LogP) is 1.95. The second kappa shape index (κ2) is 5.55. The Balaban J connectivity index is 1.56. The van der Waals surface area contributed by atoms with Gasteiger partial charge in [0.25, 0.3) is 0 Å². The summed E-state index contributed by atoms with van der Waals surface area (Å²) in [4.78, 5) is 2.68. The van der Waals surface area contributed by atoms with Crippen LogP contribution in [0.25, 0.3) is 0 Å². The summed E-state index contributed by atoms with van der Waals surface area (Å²) in [5, 5.41) is 4.51. The number of rotatable bonds is 6. The second-order valence-electron chi connectivity index (χ2n) is 5.00. The molecule has 15 heavy (non-hydrogen) atoms. The van der Waals surface area contributed by atoms with E-state index in [1.54, 1.807) is 0 Å². The number of nitrogens with one attached hydrogen (secondary N) is 1. The van der Waals surface area contributed by atoms with Gasteiger partial charge in [0, 0.05) is 30.4 Å². The number of hydrogen-bond acceptors (Lipinski definition) is 3. The molecule has 2 nitrogen and oxygen atoms in total. The van der Waals surface area contributed by atoms with Gasteiger partial charge >= 0.3 is 0 Å². The fourth-order valence-electron chi connectivity index (χ4n) is 2.33. The SMILES string of the molecule is CSC(C)CCNC1CCN(C2CC2)C1. The minimum absolute atomic E-state index is 0.777. The Labute approximate surface area is 98.2 Å². The third kappa shape index (κ3) is 3.65. The van der Waals surface area contributed by atoms with Crippen molar-refractivity contribution >= 4 is 11.8 Å². The van der Waals surface area contributed by atoms with Crippen LogP contribution < -0.4 is 5.32 Å². The van der Waals surface area contributed by atoms with Gasteiger partial charge in [0.05, 0.1) is 0 Å². The molecule has 2 rings (SSSR count). The predicted molar refractivity (Wildman–Crippen MR) is 68.6 cm³/mol. The summed E-state index contributed by atoms with van der Waals surface area (Å²) in [6, 6.07) is 1.74. The summed E-state index contributed by atoms with van der Waals surface area (Å²) in [7, 11) is 0. The molecule has 0 radical (unpaired) electrons. The van der Waals surface area contributed by atoms with Crippen LogP contribution in [-0.4, -0.2) is 48.1 Å². The highest BCUT2D eigenvalue weighted by molar-refractivity contribution is 7.99. The molecule has 1 saturated heterocycles. The third-order valence-corrected chi connectivity index (χ3v) is 4.71. The van der Waals surface area contributed by atoms with Gasteiger partial charge in [0.2, 0.25) is 0 Å². The molecular weight excluding hydrogens is 204 g/mol. The number of nitrogens with zero attached hydrogens (tertiary/aromatic N) is 1. The van der Waals surface area contributed by atoms with E-state index in [0.717, 1.165) is 17.3 Å². The van der Waals surface area contributed by atoms with E-state index in [0.29, 0.717) is 0 Å². The van der Waals surface area contributed by atoms with Crippen molar-refractivity contribution in [2.75, 3.05) is 25.9 Å². The lowest BCUT2D eigenvalue weighted by Gasteiger charge is -2.16. The molecule has 2 fully saturated rings. The highest BCUT2D eigenvalue weighted by Gasteiger charge is 2.33. The first kappa shape index (κ1) is 11.7. The Morgan fingerprint density at radius 1 is 1.40 bits per heavy atom. The first-order valence-corrected chi connectivity index (χ1v) is 7.58. The normalized spacial score (nSPS) is 29.6. The molecule has 0 aromatic carbocycles. The first-order valence-electron chi connectivity index (χ1n) is 6.30. The van der Waals surface area contributed by atoms with Crippen molar-refractivity contribution < 1.29 is 0 Å². The van der Waals surface area contributed by atoms with Gasteiger partial charge < -0.3 is 5.32 Å². The van der Waals surface area contributed by atoms with Crippen LogP contribution in [0.15, 0.2) is 0 Å². The average molecular weight is 228 g/mol. The van der Waals surface area contributed by atoms with Gasteiger partial charge in [-0.1, -0.05) is 6.92 Å². The van der Waals surface area contributed by atoms with Crippen LogP contribution in [-0.2, 0) is 0 Å². The standard InChI is InChI=1S/C12H24N2S/c1-10(15-2)5-7-13-11-6-8-14(9-11)12-3-4-12/h10-13H,3-9H2,1-2H3. The van der Waals surface area contributed by atoms with Gasteiger partial charge in [-0.3, -0.25) is 4.90 Å². The van der Waals surface area contributed by atoms with Crippen LogP contribution in [0.1, 0.15) is 32.6 Å². The fraction of sp³-hybridized carbons (Fsp3) is 1.00. The van der Waals surface area contributed by atoms with Crippen molar-refractivity contribution in [1.82, 2.24) is 10.2 Å². The van der Waals surface area contributed by atoms with Crippen molar-refractivity contribution in [2.45, 2.75) is 49.9 Å². The maximum absolute atomic E-state index is 3.70. The summed E-state index contributed by atoms with van der Waals surface area (Å²) in [5.41, 5.74) is 0. The van der Waals surface area contributed by atoms with Gasteiger partial charge in [-0.2, -0.15) is 11.8 Å². The molecule has 1 aliphatic heterocycles. The molecule has 3 heteroatoms. The molecule has 0 amide bonds. The quantitative estimate of drug-likeness (QED) is 0.748. The highest BCUT2D eigenvalue weighted by atomic mass is 32.2. The Bertz CT molecular complexity index is 194. The van der Waals surface area contributed by atoms with Crippen LogP contribution in [0.4, 0.5) is 0 Å².